The van der Waals surface area contributed by atoms with Gasteiger partial charge in [-0.1, -0.05) is 93.3 Å². The van der Waals surface area contributed by atoms with Crippen LogP contribution in [0, 0.1) is 0 Å². The van der Waals surface area contributed by atoms with Crippen LogP contribution in [0.4, 0.5) is 0 Å². The van der Waals surface area contributed by atoms with Gasteiger partial charge in [0.15, 0.2) is 17.5 Å². The van der Waals surface area contributed by atoms with Crippen LogP contribution in [-0.2, 0) is 7.59 Å². The van der Waals surface area contributed by atoms with Crippen molar-refractivity contribution in [2.75, 3.05) is 0 Å². The fraction of sp³-hybridized carbons (Fsp3) is 0.182. The fourth-order valence-corrected chi connectivity index (χ4v) is 2.12. The number of aromatic nitrogens is 3. The summed E-state index contributed by atoms with van der Waals surface area (Å²) in [7, 11) is 0. The molecule has 21 heavy (non-hydrogen) atoms. The minimum absolute atomic E-state index is 0.137. The fourth-order valence-electron chi connectivity index (χ4n) is 1.39. The Hall–Kier alpha value is 0.260. The number of halogens is 7. The lowest BCUT2D eigenvalue weighted by Crippen LogP contribution is -2.16. The molecule has 0 amide bonds. The molecule has 0 saturated heterocycles. The SMILES string of the molecule is Clc1ccccc1-c1nc(C(Cl)(Cl)Cl)nc(C(Cl)(Cl)Cl)n1. The van der Waals surface area contributed by atoms with Crippen LogP contribution in [0.3, 0.4) is 0 Å². The molecule has 0 saturated carbocycles. The van der Waals surface area contributed by atoms with E-state index < -0.39 is 7.59 Å². The van der Waals surface area contributed by atoms with Gasteiger partial charge in [0.1, 0.15) is 0 Å². The van der Waals surface area contributed by atoms with Gasteiger partial charge < -0.3 is 0 Å². The number of hydrogen-bond acceptors (Lipinski definition) is 3. The molecular formula is C11H4Cl7N3. The highest BCUT2D eigenvalue weighted by Gasteiger charge is 2.34. The third kappa shape index (κ3) is 4.38. The number of hydrogen-bond donors (Lipinski definition) is 0. The van der Waals surface area contributed by atoms with Gasteiger partial charge in [-0.05, 0) is 12.1 Å². The Kier molecular flexibility index (Phi) is 5.37. The predicted octanol–water partition coefficient (Wildman–Crippen LogP) is 5.85. The van der Waals surface area contributed by atoms with E-state index in [-0.39, 0.29) is 17.5 Å². The molecule has 0 spiro atoms. The van der Waals surface area contributed by atoms with Gasteiger partial charge in [-0.25, -0.2) is 15.0 Å². The van der Waals surface area contributed by atoms with E-state index in [1.807, 2.05) is 0 Å². The largest absolute Gasteiger partial charge is 0.250 e. The minimum Gasteiger partial charge on any atom is -0.209 e. The molecule has 112 valence electrons. The number of rotatable bonds is 1. The van der Waals surface area contributed by atoms with Crippen molar-refractivity contribution in [1.29, 1.82) is 0 Å². The van der Waals surface area contributed by atoms with E-state index >= 15 is 0 Å². The van der Waals surface area contributed by atoms with Gasteiger partial charge in [-0.15, -0.1) is 0 Å². The molecule has 0 bridgehead atoms. The quantitative estimate of drug-likeness (QED) is 0.538. The Morgan fingerprint density at radius 3 is 1.62 bits per heavy atom. The zero-order valence-electron chi connectivity index (χ0n) is 9.80. The van der Waals surface area contributed by atoms with Crippen molar-refractivity contribution in [2.24, 2.45) is 0 Å². The van der Waals surface area contributed by atoms with Gasteiger partial charge in [0.05, 0.1) is 5.02 Å². The molecule has 10 heteroatoms. The Balaban J connectivity index is 2.70. The van der Waals surface area contributed by atoms with E-state index in [0.717, 1.165) is 0 Å². The summed E-state index contributed by atoms with van der Waals surface area (Å²) in [5, 5.41) is 0.397. The van der Waals surface area contributed by atoms with Gasteiger partial charge in [0.2, 0.25) is 7.59 Å². The van der Waals surface area contributed by atoms with Gasteiger partial charge in [0.25, 0.3) is 0 Å². The standard InChI is InChI=1S/C11H4Cl7N3/c12-6-4-2-1-3-5(6)7-19-8(10(13,14)15)21-9(20-7)11(16,17)18/h1-4H. The summed E-state index contributed by atoms with van der Waals surface area (Å²) in [5.41, 5.74) is 0.493. The van der Waals surface area contributed by atoms with E-state index in [9.17, 15) is 0 Å². The van der Waals surface area contributed by atoms with E-state index in [2.05, 4.69) is 15.0 Å². The normalized spacial score (nSPS) is 12.5. The second-order valence-corrected chi connectivity index (χ2v) is 8.75. The van der Waals surface area contributed by atoms with Crippen molar-refractivity contribution in [1.82, 2.24) is 15.0 Å². The molecule has 0 aliphatic rings. The molecule has 0 fully saturated rings. The molecule has 1 heterocycles. The van der Waals surface area contributed by atoms with Gasteiger partial charge >= 0.3 is 0 Å². The first-order valence-corrected chi connectivity index (χ1v) is 7.89. The van der Waals surface area contributed by atoms with Crippen LogP contribution >= 0.6 is 81.2 Å². The Bertz CT molecular complexity index is 631. The molecule has 2 rings (SSSR count). The average Bonchev–Trinajstić information content (AvgIpc) is 2.36. The third-order valence-electron chi connectivity index (χ3n) is 2.26. The molecule has 1 aromatic carbocycles. The van der Waals surface area contributed by atoms with Crippen molar-refractivity contribution >= 4 is 81.2 Å². The van der Waals surface area contributed by atoms with Crippen molar-refractivity contribution in [3.63, 3.8) is 0 Å². The zero-order chi connectivity index (χ0) is 15.8. The van der Waals surface area contributed by atoms with Crippen LogP contribution in [0.1, 0.15) is 11.6 Å². The highest BCUT2D eigenvalue weighted by atomic mass is 35.6. The average molecular weight is 426 g/mol. The molecule has 2 aromatic rings. The maximum atomic E-state index is 6.09. The monoisotopic (exact) mass is 423 g/mol. The third-order valence-corrected chi connectivity index (χ3v) is 3.60. The lowest BCUT2D eigenvalue weighted by atomic mass is 10.2. The molecular weight excluding hydrogens is 422 g/mol. The first kappa shape index (κ1) is 17.6. The Morgan fingerprint density at radius 1 is 0.714 bits per heavy atom. The van der Waals surface area contributed by atoms with Crippen LogP contribution < -0.4 is 0 Å². The lowest BCUT2D eigenvalue weighted by molar-refractivity contribution is 0.851. The first-order chi connectivity index (χ1) is 9.59. The van der Waals surface area contributed by atoms with E-state index in [4.69, 9.17) is 81.2 Å². The van der Waals surface area contributed by atoms with Gasteiger partial charge in [-0.2, -0.15) is 0 Å². The molecule has 3 nitrogen and oxygen atoms in total. The maximum Gasteiger partial charge on any atom is 0.250 e. The molecule has 0 aliphatic heterocycles. The maximum absolute atomic E-state index is 6.09. The number of nitrogens with zero attached hydrogens (tertiary/aromatic N) is 3. The molecule has 0 N–H and O–H groups in total. The van der Waals surface area contributed by atoms with Gasteiger partial charge in [0, 0.05) is 5.56 Å². The summed E-state index contributed by atoms with van der Waals surface area (Å²) < 4.78 is -3.80. The van der Waals surface area contributed by atoms with Crippen LogP contribution in [0.25, 0.3) is 11.4 Å². The summed E-state index contributed by atoms with van der Waals surface area (Å²) in [6.07, 6.45) is 0. The van der Waals surface area contributed by atoms with Crippen molar-refractivity contribution in [3.8, 4) is 11.4 Å². The second-order valence-electron chi connectivity index (χ2n) is 3.78. The number of alkyl halides is 6. The van der Waals surface area contributed by atoms with Crippen molar-refractivity contribution in [3.05, 3.63) is 40.9 Å². The zero-order valence-corrected chi connectivity index (χ0v) is 15.1. The van der Waals surface area contributed by atoms with E-state index in [1.54, 1.807) is 24.3 Å². The molecule has 0 aliphatic carbocycles. The lowest BCUT2D eigenvalue weighted by Gasteiger charge is -2.15. The van der Waals surface area contributed by atoms with Crippen molar-refractivity contribution < 1.29 is 0 Å². The van der Waals surface area contributed by atoms with Crippen LogP contribution in [0.5, 0.6) is 0 Å². The summed E-state index contributed by atoms with van der Waals surface area (Å²) >= 11 is 40.9. The van der Waals surface area contributed by atoms with Crippen molar-refractivity contribution in [2.45, 2.75) is 7.59 Å². The molecule has 1 aromatic heterocycles. The van der Waals surface area contributed by atoms with Gasteiger partial charge in [-0.3, -0.25) is 0 Å². The molecule has 0 radical (unpaired) electrons. The molecule has 0 atom stereocenters. The van der Waals surface area contributed by atoms with Crippen LogP contribution in [0.15, 0.2) is 24.3 Å². The topological polar surface area (TPSA) is 38.7 Å². The van der Waals surface area contributed by atoms with Crippen LogP contribution in [0.2, 0.25) is 5.02 Å². The highest BCUT2D eigenvalue weighted by molar-refractivity contribution is 6.67. The van der Waals surface area contributed by atoms with Crippen LogP contribution in [-0.4, -0.2) is 15.0 Å². The minimum atomic E-state index is -1.90. The summed E-state index contributed by atoms with van der Waals surface area (Å²) in [4.78, 5) is 12.0. The molecule has 0 unspecified atom stereocenters. The Labute approximate surface area is 155 Å². The van der Waals surface area contributed by atoms with E-state index in [1.165, 1.54) is 0 Å². The second kappa shape index (κ2) is 6.40. The summed E-state index contributed by atoms with van der Waals surface area (Å²) in [6, 6.07) is 6.83. The van der Waals surface area contributed by atoms with E-state index in [0.29, 0.717) is 10.6 Å². The number of benzene rings is 1. The predicted molar refractivity (Wildman–Crippen MR) is 88.7 cm³/mol. The highest BCUT2D eigenvalue weighted by Crippen LogP contribution is 2.41. The first-order valence-electron chi connectivity index (χ1n) is 5.24. The summed E-state index contributed by atoms with van der Waals surface area (Å²) in [6.45, 7) is 0. The Morgan fingerprint density at radius 2 is 1.19 bits per heavy atom. The summed E-state index contributed by atoms with van der Waals surface area (Å²) in [5.74, 6) is -0.198. The smallest absolute Gasteiger partial charge is 0.209 e.